The van der Waals surface area contributed by atoms with Gasteiger partial charge < -0.3 is 44.8 Å². The van der Waals surface area contributed by atoms with Crippen LogP contribution in [0.1, 0.15) is 2.85 Å². The predicted octanol–water partition coefficient (Wildman–Crippen LogP) is -11.1. The number of hydrogen-bond acceptors (Lipinski definition) is 5. The molecule has 12 heteroatoms. The third-order valence-corrected chi connectivity index (χ3v) is 0.995. The van der Waals surface area contributed by atoms with Gasteiger partial charge in [0, 0.05) is 0 Å². The number of aliphatic hydroxyl groups is 2. The van der Waals surface area contributed by atoms with Crippen molar-refractivity contribution in [2.45, 2.75) is 12.2 Å². The molecule has 0 rings (SSSR count). The molecule has 0 aliphatic heterocycles. The van der Waals surface area contributed by atoms with Crippen molar-refractivity contribution in [1.29, 1.82) is 0 Å². The molecule has 0 saturated heterocycles. The van der Waals surface area contributed by atoms with Gasteiger partial charge in [0.2, 0.25) is 0 Å². The number of methoxy groups -OCH3 is 1. The van der Waals surface area contributed by atoms with Gasteiger partial charge in [-0.05, 0) is 0 Å². The van der Waals surface area contributed by atoms with E-state index in [9.17, 15) is 9.59 Å². The molecule has 0 bridgehead atoms. The van der Waals surface area contributed by atoms with Gasteiger partial charge in [0.05, 0.1) is 7.11 Å². The van der Waals surface area contributed by atoms with Crippen LogP contribution >= 0.6 is 0 Å². The zero-order chi connectivity index (χ0) is 9.02. The number of carbonyl (C=O) groups is 2. The van der Waals surface area contributed by atoms with E-state index >= 15 is 0 Å². The SMILES string of the molecule is COC(=O)C(O)C(O)C(=O)O.O.O.O.O.[H-].[H-].[K+].[Na+]. The Balaban J connectivity index is -0.0000000179. The molecule has 0 aliphatic carbocycles. The monoisotopic (exact) mass is 300 g/mol. The summed E-state index contributed by atoms with van der Waals surface area (Å²) < 4.78 is 3.97. The van der Waals surface area contributed by atoms with Gasteiger partial charge in [-0.1, -0.05) is 0 Å². The molecule has 0 heterocycles. The van der Waals surface area contributed by atoms with E-state index in [2.05, 4.69) is 4.74 Å². The van der Waals surface area contributed by atoms with Crippen LogP contribution in [0.5, 0.6) is 0 Å². The number of carboxylic acid groups (broad SMARTS) is 1. The Morgan fingerprint density at radius 2 is 1.35 bits per heavy atom. The molecule has 0 amide bonds. The summed E-state index contributed by atoms with van der Waals surface area (Å²) in [5.74, 6) is -2.86. The minimum Gasteiger partial charge on any atom is -1.00 e. The Hall–Kier alpha value is 1.34. The molecule has 11 N–H and O–H groups in total. The Bertz CT molecular complexity index is 187. The van der Waals surface area contributed by atoms with Crippen LogP contribution in [-0.4, -0.2) is 68.5 Å². The second-order valence-corrected chi connectivity index (χ2v) is 1.75. The molecule has 0 aromatic carbocycles. The number of hydrogen-bond donors (Lipinski definition) is 3. The van der Waals surface area contributed by atoms with E-state index < -0.39 is 24.1 Å². The average Bonchev–Trinajstić information content (AvgIpc) is 2.00. The van der Waals surface area contributed by atoms with Crippen molar-refractivity contribution in [3.63, 3.8) is 0 Å². The molecular weight excluding hydrogens is 282 g/mol. The summed E-state index contributed by atoms with van der Waals surface area (Å²) >= 11 is 0. The first-order valence-electron chi connectivity index (χ1n) is 2.67. The number of esters is 1. The van der Waals surface area contributed by atoms with Crippen LogP contribution in [0, 0.1) is 0 Å². The number of carboxylic acids is 1. The van der Waals surface area contributed by atoms with Crippen molar-refractivity contribution in [1.82, 2.24) is 0 Å². The molecule has 2 unspecified atom stereocenters. The van der Waals surface area contributed by atoms with Crippen LogP contribution in [0.4, 0.5) is 0 Å². The standard InChI is InChI=1S/C5H8O6.K.Na.4H2O.2H/c1-11-5(10)3(7)2(6)4(8)9;;;;;;;;/h2-3,6-7H,1H3,(H,8,9);;;4*1H2;;/q;2*+1;;;;;2*-1. The molecule has 17 heavy (non-hydrogen) atoms. The van der Waals surface area contributed by atoms with E-state index in [-0.39, 0.29) is 106 Å². The van der Waals surface area contributed by atoms with E-state index in [0.717, 1.165) is 7.11 Å². The first kappa shape index (κ1) is 42.9. The van der Waals surface area contributed by atoms with Gasteiger partial charge >= 0.3 is 92.9 Å². The second-order valence-electron chi connectivity index (χ2n) is 1.75. The molecule has 0 fully saturated rings. The van der Waals surface area contributed by atoms with Crippen LogP contribution in [0.2, 0.25) is 0 Å². The summed E-state index contributed by atoms with van der Waals surface area (Å²) in [6, 6.07) is 0. The summed E-state index contributed by atoms with van der Waals surface area (Å²) in [5, 5.41) is 25.3. The van der Waals surface area contributed by atoms with E-state index in [1.165, 1.54) is 0 Å². The topological polar surface area (TPSA) is 230 Å². The van der Waals surface area contributed by atoms with Gasteiger partial charge in [-0.15, -0.1) is 0 Å². The summed E-state index contributed by atoms with van der Waals surface area (Å²) in [6.45, 7) is 0. The van der Waals surface area contributed by atoms with Gasteiger partial charge in [-0.3, -0.25) is 0 Å². The fraction of sp³-hybridized carbons (Fsp3) is 0.600. The van der Waals surface area contributed by atoms with Crippen molar-refractivity contribution in [2.24, 2.45) is 0 Å². The summed E-state index contributed by atoms with van der Waals surface area (Å²) in [4.78, 5) is 20.3. The zero-order valence-electron chi connectivity index (χ0n) is 11.7. The quantitative estimate of drug-likeness (QED) is 0.338. The van der Waals surface area contributed by atoms with Crippen LogP contribution in [0.15, 0.2) is 0 Å². The number of ether oxygens (including phenoxy) is 1. The van der Waals surface area contributed by atoms with E-state index in [4.69, 9.17) is 15.3 Å². The molecular formula is C5H18KNaO10. The smallest absolute Gasteiger partial charge is 1.00 e. The fourth-order valence-corrected chi connectivity index (χ4v) is 0.385. The molecule has 2 atom stereocenters. The molecule has 0 aromatic rings. The fourth-order valence-electron chi connectivity index (χ4n) is 0.385. The van der Waals surface area contributed by atoms with Crippen LogP contribution in [0.3, 0.4) is 0 Å². The molecule has 0 saturated carbocycles. The molecule has 10 nitrogen and oxygen atoms in total. The van der Waals surface area contributed by atoms with Gasteiger partial charge in [-0.2, -0.15) is 0 Å². The van der Waals surface area contributed by atoms with Crippen LogP contribution < -0.4 is 80.9 Å². The first-order valence-corrected chi connectivity index (χ1v) is 2.67. The van der Waals surface area contributed by atoms with Crippen molar-refractivity contribution >= 4 is 11.9 Å². The van der Waals surface area contributed by atoms with Crippen LogP contribution in [0.25, 0.3) is 0 Å². The number of rotatable bonds is 3. The third-order valence-electron chi connectivity index (χ3n) is 0.995. The second kappa shape index (κ2) is 22.5. The van der Waals surface area contributed by atoms with E-state index in [0.29, 0.717) is 0 Å². The summed E-state index contributed by atoms with van der Waals surface area (Å²) in [6.07, 6.45) is -4.17. The minimum absolute atomic E-state index is 0. The van der Waals surface area contributed by atoms with Gasteiger partial charge in [0.15, 0.2) is 12.2 Å². The van der Waals surface area contributed by atoms with Crippen molar-refractivity contribution < 1.29 is 135 Å². The first-order chi connectivity index (χ1) is 5.00. The zero-order valence-corrected chi connectivity index (χ0v) is 14.8. The molecule has 100 valence electrons. The van der Waals surface area contributed by atoms with Gasteiger partial charge in [-0.25, -0.2) is 9.59 Å². The number of aliphatic carboxylic acids is 1. The molecule has 0 aliphatic rings. The predicted molar refractivity (Wildman–Crippen MR) is 48.3 cm³/mol. The minimum atomic E-state index is -2.14. The Morgan fingerprint density at radius 3 is 1.53 bits per heavy atom. The van der Waals surface area contributed by atoms with Gasteiger partial charge in [0.25, 0.3) is 0 Å². The Kier molecular flexibility index (Phi) is 56.8. The Morgan fingerprint density at radius 1 is 1.06 bits per heavy atom. The molecule has 0 aromatic heterocycles. The number of carbonyl (C=O) groups excluding carboxylic acids is 1. The number of aliphatic hydroxyl groups excluding tert-OH is 2. The van der Waals surface area contributed by atoms with Crippen molar-refractivity contribution in [2.75, 3.05) is 7.11 Å². The van der Waals surface area contributed by atoms with Crippen molar-refractivity contribution in [3.05, 3.63) is 0 Å². The maximum atomic E-state index is 10.4. The maximum Gasteiger partial charge on any atom is 1.00 e. The van der Waals surface area contributed by atoms with Crippen molar-refractivity contribution in [3.8, 4) is 0 Å². The summed E-state index contributed by atoms with van der Waals surface area (Å²) in [7, 11) is 0.972. The summed E-state index contributed by atoms with van der Waals surface area (Å²) in [5.41, 5.74) is 0. The Labute approximate surface area is 164 Å². The molecule has 0 radical (unpaired) electrons. The van der Waals surface area contributed by atoms with E-state index in [1.54, 1.807) is 0 Å². The van der Waals surface area contributed by atoms with E-state index in [1.807, 2.05) is 0 Å². The maximum absolute atomic E-state index is 10.4. The van der Waals surface area contributed by atoms with Gasteiger partial charge in [0.1, 0.15) is 0 Å². The molecule has 0 spiro atoms. The van der Waals surface area contributed by atoms with Crippen LogP contribution in [-0.2, 0) is 14.3 Å². The largest absolute Gasteiger partial charge is 1.00 e. The third kappa shape index (κ3) is 17.3. The average molecular weight is 300 g/mol. The normalized spacial score (nSPS) is 9.82.